The Labute approximate surface area is 148 Å². The van der Waals surface area contributed by atoms with Crippen LogP contribution < -0.4 is 10.0 Å². The lowest BCUT2D eigenvalue weighted by Gasteiger charge is -2.32. The molecule has 2 rings (SSSR count). The molecule has 1 amide bonds. The largest absolute Gasteiger partial charge is 0.342 e. The fourth-order valence-corrected chi connectivity index (χ4v) is 4.50. The number of hydrogen-bond acceptors (Lipinski definition) is 5. The Morgan fingerprint density at radius 3 is 2.65 bits per heavy atom. The van der Waals surface area contributed by atoms with Gasteiger partial charge in [-0.15, -0.1) is 23.7 Å². The molecule has 0 aromatic carbocycles. The van der Waals surface area contributed by atoms with E-state index in [1.807, 2.05) is 0 Å². The summed E-state index contributed by atoms with van der Waals surface area (Å²) < 4.78 is 26.6. The number of sulfonamides is 1. The third kappa shape index (κ3) is 6.04. The van der Waals surface area contributed by atoms with Crippen molar-refractivity contribution in [2.24, 2.45) is 5.92 Å². The molecule has 0 bridgehead atoms. The zero-order valence-electron chi connectivity index (χ0n) is 13.2. The molecule has 0 atom stereocenters. The van der Waals surface area contributed by atoms with Crippen LogP contribution in [0, 0.1) is 5.92 Å². The first-order valence-corrected chi connectivity index (χ1v) is 9.91. The van der Waals surface area contributed by atoms with Crippen molar-refractivity contribution in [3.05, 3.63) is 17.5 Å². The molecule has 0 spiro atoms. The number of carbonyl (C=O) groups is 1. The lowest BCUT2D eigenvalue weighted by Crippen LogP contribution is -2.45. The molecule has 23 heavy (non-hydrogen) atoms. The molecule has 2 heterocycles. The van der Waals surface area contributed by atoms with Crippen molar-refractivity contribution in [2.45, 2.75) is 24.0 Å². The van der Waals surface area contributed by atoms with E-state index in [1.165, 1.54) is 6.07 Å². The number of nitrogens with one attached hydrogen (secondary N) is 2. The molecule has 1 fully saturated rings. The molecule has 1 aliphatic heterocycles. The third-order valence-electron chi connectivity index (χ3n) is 3.82. The highest BCUT2D eigenvalue weighted by Gasteiger charge is 2.24. The molecule has 1 aromatic rings. The average molecular weight is 382 g/mol. The summed E-state index contributed by atoms with van der Waals surface area (Å²) in [6.07, 6.45) is 1.94. The van der Waals surface area contributed by atoms with E-state index in [1.54, 1.807) is 16.3 Å². The van der Waals surface area contributed by atoms with Gasteiger partial charge in [-0.25, -0.2) is 13.1 Å². The molecule has 1 aromatic heterocycles. The molecule has 1 saturated heterocycles. The standard InChI is InChI=1S/C14H23N3O3S2.ClH/c1-2-15-10-12-5-7-17(8-6-12)13(18)11-16-22(19,20)14-4-3-9-21-14;/h3-4,9,12,15-16H,2,5-8,10-11H2,1H3;1H. The van der Waals surface area contributed by atoms with Crippen LogP contribution >= 0.6 is 23.7 Å². The maximum absolute atomic E-state index is 12.1. The maximum Gasteiger partial charge on any atom is 0.250 e. The van der Waals surface area contributed by atoms with Gasteiger partial charge in [-0.05, 0) is 43.3 Å². The van der Waals surface area contributed by atoms with E-state index in [2.05, 4.69) is 17.0 Å². The number of amides is 1. The minimum absolute atomic E-state index is 0. The Bertz CT molecular complexity index is 570. The number of carbonyl (C=O) groups excluding carboxylic acids is 1. The molecule has 1 aliphatic rings. The first-order valence-electron chi connectivity index (χ1n) is 7.54. The van der Waals surface area contributed by atoms with Crippen LogP contribution in [0.3, 0.4) is 0 Å². The molecule has 0 aliphatic carbocycles. The van der Waals surface area contributed by atoms with Crippen molar-refractivity contribution in [1.29, 1.82) is 0 Å². The van der Waals surface area contributed by atoms with Crippen molar-refractivity contribution in [1.82, 2.24) is 14.9 Å². The van der Waals surface area contributed by atoms with E-state index in [-0.39, 0.29) is 29.1 Å². The van der Waals surface area contributed by atoms with Gasteiger partial charge in [0.05, 0.1) is 6.54 Å². The second-order valence-corrected chi connectivity index (χ2v) is 8.33. The van der Waals surface area contributed by atoms with Gasteiger partial charge in [0.25, 0.3) is 10.0 Å². The average Bonchev–Trinajstić information content (AvgIpc) is 3.06. The number of piperidine rings is 1. The highest BCUT2D eigenvalue weighted by atomic mass is 35.5. The molecule has 0 unspecified atom stereocenters. The van der Waals surface area contributed by atoms with Gasteiger partial charge < -0.3 is 10.2 Å². The molecular formula is C14H24ClN3O3S2. The van der Waals surface area contributed by atoms with Gasteiger partial charge in [0.2, 0.25) is 5.91 Å². The Balaban J connectivity index is 0.00000264. The Morgan fingerprint density at radius 2 is 2.09 bits per heavy atom. The van der Waals surface area contributed by atoms with Gasteiger partial charge in [-0.3, -0.25) is 4.79 Å². The van der Waals surface area contributed by atoms with E-state index in [9.17, 15) is 13.2 Å². The van der Waals surface area contributed by atoms with Crippen LogP contribution in [-0.2, 0) is 14.8 Å². The van der Waals surface area contributed by atoms with Gasteiger partial charge in [-0.2, -0.15) is 0 Å². The summed E-state index contributed by atoms with van der Waals surface area (Å²) in [6, 6.07) is 3.21. The van der Waals surface area contributed by atoms with E-state index in [4.69, 9.17) is 0 Å². The molecule has 9 heteroatoms. The SMILES string of the molecule is CCNCC1CCN(C(=O)CNS(=O)(=O)c2cccs2)CC1.Cl. The predicted octanol–water partition coefficient (Wildman–Crippen LogP) is 1.30. The van der Waals surface area contributed by atoms with Crippen LogP contribution in [-0.4, -0.2) is 51.9 Å². The number of likely N-dealkylation sites (tertiary alicyclic amines) is 1. The van der Waals surface area contributed by atoms with Crippen molar-refractivity contribution >= 4 is 39.7 Å². The van der Waals surface area contributed by atoms with Gasteiger partial charge in [0, 0.05) is 13.1 Å². The fraction of sp³-hybridized carbons (Fsp3) is 0.643. The molecule has 6 nitrogen and oxygen atoms in total. The minimum atomic E-state index is -3.56. The summed E-state index contributed by atoms with van der Waals surface area (Å²) in [5.74, 6) is 0.453. The van der Waals surface area contributed by atoms with Crippen LogP contribution in [0.2, 0.25) is 0 Å². The molecule has 2 N–H and O–H groups in total. The minimum Gasteiger partial charge on any atom is -0.342 e. The van der Waals surface area contributed by atoms with Crippen LogP contribution in [0.4, 0.5) is 0 Å². The monoisotopic (exact) mass is 381 g/mol. The number of hydrogen-bond donors (Lipinski definition) is 2. The third-order valence-corrected chi connectivity index (χ3v) is 6.62. The number of rotatable bonds is 7. The normalized spacial score (nSPS) is 16.1. The molecular weight excluding hydrogens is 358 g/mol. The lowest BCUT2D eigenvalue weighted by atomic mass is 9.97. The van der Waals surface area contributed by atoms with Gasteiger partial charge in [-0.1, -0.05) is 13.0 Å². The maximum atomic E-state index is 12.1. The smallest absolute Gasteiger partial charge is 0.250 e. The number of thiophene rings is 1. The summed E-state index contributed by atoms with van der Waals surface area (Å²) in [4.78, 5) is 13.9. The first-order chi connectivity index (χ1) is 10.5. The lowest BCUT2D eigenvalue weighted by molar-refractivity contribution is -0.131. The van der Waals surface area contributed by atoms with E-state index in [0.29, 0.717) is 19.0 Å². The van der Waals surface area contributed by atoms with Gasteiger partial charge >= 0.3 is 0 Å². The summed E-state index contributed by atoms with van der Waals surface area (Å²) in [5.41, 5.74) is 0. The van der Waals surface area contributed by atoms with Crippen molar-refractivity contribution in [3.63, 3.8) is 0 Å². The van der Waals surface area contributed by atoms with Crippen molar-refractivity contribution in [3.8, 4) is 0 Å². The zero-order valence-corrected chi connectivity index (χ0v) is 15.6. The summed E-state index contributed by atoms with van der Waals surface area (Å²) in [6.45, 7) is 5.27. The fourth-order valence-electron chi connectivity index (χ4n) is 2.49. The molecule has 0 saturated carbocycles. The van der Waals surface area contributed by atoms with Crippen LogP contribution in [0.5, 0.6) is 0 Å². The summed E-state index contributed by atoms with van der Waals surface area (Å²) in [7, 11) is -3.56. The van der Waals surface area contributed by atoms with E-state index in [0.717, 1.165) is 37.3 Å². The van der Waals surface area contributed by atoms with Crippen molar-refractivity contribution < 1.29 is 13.2 Å². The first kappa shape index (κ1) is 20.4. The van der Waals surface area contributed by atoms with Crippen LogP contribution in [0.15, 0.2) is 21.7 Å². The van der Waals surface area contributed by atoms with Crippen molar-refractivity contribution in [2.75, 3.05) is 32.7 Å². The Kier molecular flexibility index (Phi) is 8.49. The van der Waals surface area contributed by atoms with Gasteiger partial charge in [0.1, 0.15) is 4.21 Å². The molecule has 132 valence electrons. The summed E-state index contributed by atoms with van der Waals surface area (Å²) in [5, 5.41) is 5.03. The predicted molar refractivity (Wildman–Crippen MR) is 94.6 cm³/mol. The van der Waals surface area contributed by atoms with Crippen LogP contribution in [0.25, 0.3) is 0 Å². The van der Waals surface area contributed by atoms with E-state index >= 15 is 0 Å². The summed E-state index contributed by atoms with van der Waals surface area (Å²) >= 11 is 1.14. The zero-order chi connectivity index (χ0) is 16.0. The highest BCUT2D eigenvalue weighted by Crippen LogP contribution is 2.17. The quantitative estimate of drug-likeness (QED) is 0.746. The topological polar surface area (TPSA) is 78.5 Å². The highest BCUT2D eigenvalue weighted by molar-refractivity contribution is 7.91. The number of nitrogens with zero attached hydrogens (tertiary/aromatic N) is 1. The second kappa shape index (κ2) is 9.58. The number of halogens is 1. The van der Waals surface area contributed by atoms with Gasteiger partial charge in [0.15, 0.2) is 0 Å². The molecule has 0 radical (unpaired) electrons. The Morgan fingerprint density at radius 1 is 1.39 bits per heavy atom. The Hall–Kier alpha value is -0.670. The second-order valence-electron chi connectivity index (χ2n) is 5.39. The van der Waals surface area contributed by atoms with E-state index < -0.39 is 10.0 Å². The van der Waals surface area contributed by atoms with Crippen LogP contribution in [0.1, 0.15) is 19.8 Å².